The van der Waals surface area contributed by atoms with Gasteiger partial charge in [-0.15, -0.1) is 0 Å². The van der Waals surface area contributed by atoms with Crippen molar-refractivity contribution in [2.24, 2.45) is 0 Å². The number of benzene rings is 2. The lowest BCUT2D eigenvalue weighted by atomic mass is 10.2. The quantitative estimate of drug-likeness (QED) is 0.273. The molecule has 0 bridgehead atoms. The minimum Gasteiger partial charge on any atom is -0.455 e. The normalized spacial score (nSPS) is 10.9. The summed E-state index contributed by atoms with van der Waals surface area (Å²) >= 11 is 0. The molecule has 0 radical (unpaired) electrons. The van der Waals surface area contributed by atoms with Crippen molar-refractivity contribution in [1.29, 1.82) is 0 Å². The molecule has 3 aromatic heterocycles. The van der Waals surface area contributed by atoms with Crippen molar-refractivity contribution in [2.45, 2.75) is 13.8 Å². The van der Waals surface area contributed by atoms with Crippen LogP contribution in [0, 0.1) is 24.0 Å². The summed E-state index contributed by atoms with van der Waals surface area (Å²) in [5.41, 5.74) is 4.59. The Hall–Kier alpha value is -4.86. The van der Waals surface area contributed by atoms with E-state index in [-0.39, 0.29) is 5.69 Å². The number of nitro benzene ring substituents is 1. The average molecular weight is 453 g/mol. The number of non-ortho nitro benzene ring substituents is 1. The molecular formula is C24H19N7O3. The summed E-state index contributed by atoms with van der Waals surface area (Å²) in [6.07, 6.45) is 4.90. The zero-order valence-electron chi connectivity index (χ0n) is 18.3. The summed E-state index contributed by atoms with van der Waals surface area (Å²) in [4.78, 5) is 23.4. The lowest BCUT2D eigenvalue weighted by Crippen LogP contribution is -1.98. The number of aryl methyl sites for hydroxylation is 2. The molecule has 0 unspecified atom stereocenters. The smallest absolute Gasteiger partial charge is 0.269 e. The van der Waals surface area contributed by atoms with Crippen LogP contribution in [0.2, 0.25) is 0 Å². The Morgan fingerprint density at radius 1 is 1.00 bits per heavy atom. The van der Waals surface area contributed by atoms with Crippen molar-refractivity contribution in [1.82, 2.24) is 24.7 Å². The number of anilines is 2. The van der Waals surface area contributed by atoms with Crippen molar-refractivity contribution >= 4 is 28.2 Å². The van der Waals surface area contributed by atoms with Gasteiger partial charge in [-0.05, 0) is 61.9 Å². The van der Waals surface area contributed by atoms with Gasteiger partial charge in [-0.25, -0.2) is 14.6 Å². The zero-order valence-corrected chi connectivity index (χ0v) is 18.3. The highest BCUT2D eigenvalue weighted by Gasteiger charge is 2.12. The Morgan fingerprint density at radius 2 is 1.82 bits per heavy atom. The van der Waals surface area contributed by atoms with Crippen LogP contribution < -0.4 is 10.1 Å². The summed E-state index contributed by atoms with van der Waals surface area (Å²) < 4.78 is 7.56. The van der Waals surface area contributed by atoms with Crippen LogP contribution in [0.25, 0.3) is 16.7 Å². The Labute approximate surface area is 194 Å². The van der Waals surface area contributed by atoms with Crippen LogP contribution in [-0.2, 0) is 0 Å². The van der Waals surface area contributed by atoms with Crippen molar-refractivity contribution in [3.63, 3.8) is 0 Å². The fraction of sp³-hybridized carbons (Fsp3) is 0.0833. The summed E-state index contributed by atoms with van der Waals surface area (Å²) in [7, 11) is 0. The number of aromatic nitrogens is 5. The van der Waals surface area contributed by atoms with Gasteiger partial charge >= 0.3 is 0 Å². The van der Waals surface area contributed by atoms with E-state index in [1.165, 1.54) is 18.5 Å². The third-order valence-electron chi connectivity index (χ3n) is 5.18. The molecule has 168 valence electrons. The maximum Gasteiger partial charge on any atom is 0.269 e. The SMILES string of the molecule is Cc1ccc(Oc2ccc(Nc3ncnc4cn(-c5ccc([N+](=O)[O-])cc5)nc34)cc2C)cn1. The molecule has 10 heteroatoms. The van der Waals surface area contributed by atoms with Crippen molar-refractivity contribution in [3.05, 3.63) is 94.7 Å². The molecule has 0 fully saturated rings. The van der Waals surface area contributed by atoms with Crippen LogP contribution in [0.1, 0.15) is 11.3 Å². The van der Waals surface area contributed by atoms with Gasteiger partial charge in [0.25, 0.3) is 5.69 Å². The monoisotopic (exact) mass is 453 g/mol. The second-order valence-corrected chi connectivity index (χ2v) is 7.65. The molecule has 0 spiro atoms. The van der Waals surface area contributed by atoms with Gasteiger partial charge in [0.2, 0.25) is 0 Å². The minimum atomic E-state index is -0.438. The topological polar surface area (TPSA) is 121 Å². The molecule has 2 aromatic carbocycles. The second kappa shape index (κ2) is 8.58. The van der Waals surface area contributed by atoms with E-state index in [4.69, 9.17) is 4.74 Å². The number of fused-ring (bicyclic) bond motifs is 1. The third kappa shape index (κ3) is 4.24. The number of pyridine rings is 1. The van der Waals surface area contributed by atoms with Gasteiger partial charge < -0.3 is 10.1 Å². The van der Waals surface area contributed by atoms with Gasteiger partial charge in [-0.3, -0.25) is 15.1 Å². The first-order chi connectivity index (χ1) is 16.5. The van der Waals surface area contributed by atoms with Crippen molar-refractivity contribution in [2.75, 3.05) is 5.32 Å². The highest BCUT2D eigenvalue weighted by atomic mass is 16.6. The molecule has 34 heavy (non-hydrogen) atoms. The lowest BCUT2D eigenvalue weighted by Gasteiger charge is -2.11. The Bertz CT molecular complexity index is 1500. The molecule has 10 nitrogen and oxygen atoms in total. The van der Waals surface area contributed by atoms with E-state index in [1.54, 1.807) is 29.2 Å². The third-order valence-corrected chi connectivity index (χ3v) is 5.18. The first-order valence-corrected chi connectivity index (χ1v) is 10.4. The molecular weight excluding hydrogens is 434 g/mol. The summed E-state index contributed by atoms with van der Waals surface area (Å²) in [6, 6.07) is 15.7. The number of nitro groups is 1. The van der Waals surface area contributed by atoms with E-state index in [1.807, 2.05) is 44.2 Å². The average Bonchev–Trinajstić information content (AvgIpc) is 3.28. The van der Waals surface area contributed by atoms with Crippen LogP contribution in [0.3, 0.4) is 0 Å². The maximum absolute atomic E-state index is 10.9. The predicted octanol–water partition coefficient (Wildman–Crippen LogP) is 5.27. The van der Waals surface area contributed by atoms with E-state index in [0.29, 0.717) is 28.3 Å². The fourth-order valence-electron chi connectivity index (χ4n) is 3.41. The number of nitrogens with one attached hydrogen (secondary N) is 1. The Balaban J connectivity index is 1.39. The molecule has 0 aliphatic rings. The van der Waals surface area contributed by atoms with E-state index in [0.717, 1.165) is 22.7 Å². The van der Waals surface area contributed by atoms with E-state index < -0.39 is 4.92 Å². The molecule has 0 saturated carbocycles. The van der Waals surface area contributed by atoms with Gasteiger partial charge in [-0.1, -0.05) is 0 Å². The minimum absolute atomic E-state index is 0.0176. The van der Waals surface area contributed by atoms with Crippen molar-refractivity contribution < 1.29 is 9.66 Å². The highest BCUT2D eigenvalue weighted by molar-refractivity contribution is 5.87. The first kappa shape index (κ1) is 21.0. The molecule has 0 amide bonds. The van der Waals surface area contributed by atoms with Crippen LogP contribution in [-0.4, -0.2) is 29.7 Å². The molecule has 0 saturated heterocycles. The first-order valence-electron chi connectivity index (χ1n) is 10.4. The fourth-order valence-corrected chi connectivity index (χ4v) is 3.41. The Kier molecular flexibility index (Phi) is 5.30. The van der Waals surface area contributed by atoms with Gasteiger partial charge in [0.15, 0.2) is 11.3 Å². The summed E-state index contributed by atoms with van der Waals surface area (Å²) in [5, 5.41) is 18.8. The molecule has 0 aliphatic carbocycles. The molecule has 0 atom stereocenters. The standard InChI is InChI=1S/C24H19N7O3/c1-15-11-17(4-10-22(15)34-20-9-3-16(2)25-12-20)28-24-23-21(26-14-27-24)13-30(29-23)18-5-7-19(8-6-18)31(32)33/h3-14H,1-2H3,(H,26,27,28). The van der Waals surface area contributed by atoms with Gasteiger partial charge in [0.05, 0.1) is 23.0 Å². The van der Waals surface area contributed by atoms with Crippen LogP contribution >= 0.6 is 0 Å². The molecule has 1 N–H and O–H groups in total. The van der Waals surface area contributed by atoms with E-state index in [9.17, 15) is 10.1 Å². The van der Waals surface area contributed by atoms with E-state index in [2.05, 4.69) is 25.4 Å². The number of nitrogens with zero attached hydrogens (tertiary/aromatic N) is 6. The second-order valence-electron chi connectivity index (χ2n) is 7.65. The predicted molar refractivity (Wildman–Crippen MR) is 127 cm³/mol. The molecule has 5 aromatic rings. The summed E-state index contributed by atoms with van der Waals surface area (Å²) in [6.45, 7) is 3.88. The van der Waals surface area contributed by atoms with Crippen LogP contribution in [0.4, 0.5) is 17.2 Å². The number of hydrogen-bond donors (Lipinski definition) is 1. The molecule has 5 rings (SSSR count). The number of ether oxygens (including phenoxy) is 1. The maximum atomic E-state index is 10.9. The van der Waals surface area contributed by atoms with Crippen LogP contribution in [0.15, 0.2) is 73.3 Å². The van der Waals surface area contributed by atoms with E-state index >= 15 is 0 Å². The molecule has 0 aliphatic heterocycles. The Morgan fingerprint density at radius 3 is 2.53 bits per heavy atom. The summed E-state index contributed by atoms with van der Waals surface area (Å²) in [5.74, 6) is 1.94. The van der Waals surface area contributed by atoms with Gasteiger partial charge in [0, 0.05) is 23.5 Å². The number of rotatable bonds is 6. The molecule has 3 heterocycles. The highest BCUT2D eigenvalue weighted by Crippen LogP contribution is 2.29. The van der Waals surface area contributed by atoms with Gasteiger partial charge in [0.1, 0.15) is 23.3 Å². The van der Waals surface area contributed by atoms with Crippen molar-refractivity contribution in [3.8, 4) is 17.2 Å². The van der Waals surface area contributed by atoms with Gasteiger partial charge in [-0.2, -0.15) is 5.10 Å². The number of hydrogen-bond acceptors (Lipinski definition) is 8. The van der Waals surface area contributed by atoms with Crippen LogP contribution in [0.5, 0.6) is 11.5 Å². The lowest BCUT2D eigenvalue weighted by molar-refractivity contribution is -0.384. The zero-order chi connectivity index (χ0) is 23.7. The largest absolute Gasteiger partial charge is 0.455 e.